The van der Waals surface area contributed by atoms with Gasteiger partial charge in [-0.05, 0) is 43.9 Å². The third-order valence-electron chi connectivity index (χ3n) is 5.83. The second-order valence-corrected chi connectivity index (χ2v) is 8.62. The molecule has 0 aliphatic heterocycles. The number of nitrogens with zero attached hydrogens (tertiary/aromatic N) is 2. The Morgan fingerprint density at radius 2 is 1.77 bits per heavy atom. The fraction of sp³-hybridized carbons (Fsp3) is 0.250. The average molecular weight is 436 g/mol. The number of rotatable bonds is 4. The first kappa shape index (κ1) is 19.7. The number of fused-ring (bicyclic) bond motifs is 1. The molecule has 3 heterocycles. The summed E-state index contributed by atoms with van der Waals surface area (Å²) in [5, 5.41) is 1.02. The molecule has 5 rings (SSSR count). The molecule has 1 fully saturated rings. The summed E-state index contributed by atoms with van der Waals surface area (Å²) in [6.45, 7) is 3.99. The minimum atomic E-state index is -0.186. The van der Waals surface area contributed by atoms with Gasteiger partial charge < -0.3 is 18.9 Å². The molecular weight excluding hydrogens is 414 g/mol. The topological polar surface area (TPSA) is 69.0 Å². The Bertz CT molecular complexity index is 1440. The van der Waals surface area contributed by atoms with Gasteiger partial charge in [0.05, 0.1) is 6.20 Å². The van der Waals surface area contributed by atoms with Gasteiger partial charge in [0.25, 0.3) is 11.1 Å². The molecule has 3 aromatic heterocycles. The van der Waals surface area contributed by atoms with Crippen LogP contribution >= 0.6 is 11.6 Å². The Kier molecular flexibility index (Phi) is 4.55. The number of pyridine rings is 2. The van der Waals surface area contributed by atoms with Crippen LogP contribution in [0.1, 0.15) is 30.0 Å². The van der Waals surface area contributed by atoms with Crippen LogP contribution in [0, 0.1) is 13.8 Å². The molecule has 1 aliphatic carbocycles. The summed E-state index contributed by atoms with van der Waals surface area (Å²) in [6.07, 6.45) is 5.49. The van der Waals surface area contributed by atoms with Gasteiger partial charge in [-0.25, -0.2) is 0 Å². The number of H-pyrrole nitrogens is 1. The molecular formula is C24H22ClN3O3. The van der Waals surface area contributed by atoms with Crippen LogP contribution in [0.3, 0.4) is 0 Å². The highest BCUT2D eigenvalue weighted by Crippen LogP contribution is 2.40. The molecule has 4 aromatic rings. The number of hydrogen-bond donors (Lipinski definition) is 1. The van der Waals surface area contributed by atoms with Gasteiger partial charge >= 0.3 is 0 Å². The minimum Gasteiger partial charge on any atom is -0.455 e. The van der Waals surface area contributed by atoms with Crippen LogP contribution in [0.2, 0.25) is 5.15 Å². The van der Waals surface area contributed by atoms with Crippen LogP contribution in [-0.4, -0.2) is 14.1 Å². The fourth-order valence-electron chi connectivity index (χ4n) is 4.04. The maximum absolute atomic E-state index is 12.9. The van der Waals surface area contributed by atoms with Crippen molar-refractivity contribution < 1.29 is 4.74 Å². The highest BCUT2D eigenvalue weighted by Gasteiger charge is 2.27. The fourth-order valence-corrected chi connectivity index (χ4v) is 4.25. The molecule has 7 heteroatoms. The zero-order valence-corrected chi connectivity index (χ0v) is 18.3. The number of benzene rings is 1. The van der Waals surface area contributed by atoms with Gasteiger partial charge in [-0.2, -0.15) is 0 Å². The monoisotopic (exact) mass is 435 g/mol. The van der Waals surface area contributed by atoms with Gasteiger partial charge in [0.1, 0.15) is 16.4 Å². The van der Waals surface area contributed by atoms with E-state index in [1.54, 1.807) is 36.1 Å². The van der Waals surface area contributed by atoms with Gasteiger partial charge in [0, 0.05) is 41.9 Å². The third kappa shape index (κ3) is 3.37. The zero-order chi connectivity index (χ0) is 21.9. The molecule has 1 N–H and O–H groups in total. The van der Waals surface area contributed by atoms with E-state index >= 15 is 0 Å². The van der Waals surface area contributed by atoms with Gasteiger partial charge in [0.2, 0.25) is 0 Å². The second kappa shape index (κ2) is 7.17. The molecule has 0 bridgehead atoms. The van der Waals surface area contributed by atoms with Crippen molar-refractivity contribution in [2.75, 3.05) is 0 Å². The number of nitrogens with one attached hydrogen (secondary N) is 1. The molecule has 1 aliphatic rings. The van der Waals surface area contributed by atoms with Crippen LogP contribution in [0.5, 0.6) is 11.5 Å². The number of aromatic amines is 1. The lowest BCUT2D eigenvalue weighted by Gasteiger charge is -2.17. The number of hydrogen-bond acceptors (Lipinski definition) is 3. The summed E-state index contributed by atoms with van der Waals surface area (Å²) < 4.78 is 9.67. The largest absolute Gasteiger partial charge is 0.455 e. The molecule has 0 atom stereocenters. The quantitative estimate of drug-likeness (QED) is 0.485. The summed E-state index contributed by atoms with van der Waals surface area (Å²) in [7, 11) is 1.68. The van der Waals surface area contributed by atoms with Crippen molar-refractivity contribution in [1.82, 2.24) is 14.1 Å². The van der Waals surface area contributed by atoms with Crippen LogP contribution in [0.15, 0.2) is 52.3 Å². The second-order valence-electron chi connectivity index (χ2n) is 8.22. The molecule has 31 heavy (non-hydrogen) atoms. The van der Waals surface area contributed by atoms with Crippen LogP contribution in [-0.2, 0) is 7.05 Å². The Hall–Kier alpha value is -3.25. The maximum Gasteiger partial charge on any atom is 0.274 e. The number of aryl methyl sites for hydroxylation is 3. The summed E-state index contributed by atoms with van der Waals surface area (Å²) in [5.41, 5.74) is 3.47. The first-order valence-corrected chi connectivity index (χ1v) is 10.6. The molecule has 0 unspecified atom stereocenters. The first-order valence-electron chi connectivity index (χ1n) is 10.2. The molecule has 0 spiro atoms. The van der Waals surface area contributed by atoms with Crippen LogP contribution in [0.4, 0.5) is 0 Å². The van der Waals surface area contributed by atoms with Crippen molar-refractivity contribution in [2.45, 2.75) is 32.7 Å². The van der Waals surface area contributed by atoms with E-state index in [1.807, 2.05) is 32.0 Å². The van der Waals surface area contributed by atoms with Gasteiger partial charge in [-0.3, -0.25) is 9.59 Å². The van der Waals surface area contributed by atoms with E-state index in [4.69, 9.17) is 16.3 Å². The van der Waals surface area contributed by atoms with Gasteiger partial charge in [0.15, 0.2) is 5.75 Å². The Morgan fingerprint density at radius 1 is 1.06 bits per heavy atom. The summed E-state index contributed by atoms with van der Waals surface area (Å²) >= 11 is 6.18. The Morgan fingerprint density at radius 3 is 2.45 bits per heavy atom. The number of halogens is 1. The van der Waals surface area contributed by atoms with E-state index in [9.17, 15) is 9.59 Å². The molecule has 0 amide bonds. The van der Waals surface area contributed by atoms with Crippen molar-refractivity contribution in [3.63, 3.8) is 0 Å². The summed E-state index contributed by atoms with van der Waals surface area (Å²) in [5.74, 6) is 1.33. The summed E-state index contributed by atoms with van der Waals surface area (Å²) in [6, 6.07) is 9.50. The smallest absolute Gasteiger partial charge is 0.274 e. The van der Waals surface area contributed by atoms with E-state index in [0.717, 1.165) is 29.7 Å². The predicted molar refractivity (Wildman–Crippen MR) is 123 cm³/mol. The minimum absolute atomic E-state index is 0.0880. The lowest BCUT2D eigenvalue weighted by atomic mass is 10.0. The lowest BCUT2D eigenvalue weighted by Crippen LogP contribution is -2.19. The maximum atomic E-state index is 12.9. The van der Waals surface area contributed by atoms with Crippen molar-refractivity contribution in [2.24, 2.45) is 7.05 Å². The van der Waals surface area contributed by atoms with Gasteiger partial charge in [-0.15, -0.1) is 0 Å². The molecule has 158 valence electrons. The third-order valence-corrected chi connectivity index (χ3v) is 6.03. The predicted octanol–water partition coefficient (Wildman–Crippen LogP) is 5.09. The molecule has 0 radical (unpaired) electrons. The molecule has 6 nitrogen and oxygen atoms in total. The van der Waals surface area contributed by atoms with Crippen molar-refractivity contribution in [3.8, 4) is 22.6 Å². The SMILES string of the molecule is Cc1cccc(C)c1Oc1cn(C2CC2)c(=O)cc1-c1cn(C)c(=O)c2[nH]c(Cl)cc12. The van der Waals surface area contributed by atoms with Crippen molar-refractivity contribution in [1.29, 1.82) is 0 Å². The zero-order valence-electron chi connectivity index (χ0n) is 17.5. The molecule has 1 saturated carbocycles. The van der Waals surface area contributed by atoms with E-state index in [1.165, 1.54) is 4.57 Å². The summed E-state index contributed by atoms with van der Waals surface area (Å²) in [4.78, 5) is 28.4. The average Bonchev–Trinajstić information content (AvgIpc) is 3.49. The normalized spacial score (nSPS) is 13.7. The Balaban J connectivity index is 1.79. The van der Waals surface area contributed by atoms with E-state index < -0.39 is 0 Å². The van der Waals surface area contributed by atoms with E-state index in [-0.39, 0.29) is 17.2 Å². The lowest BCUT2D eigenvalue weighted by molar-refractivity contribution is 0.467. The number of aromatic nitrogens is 3. The highest BCUT2D eigenvalue weighted by atomic mass is 35.5. The Labute approximate surface area is 183 Å². The van der Waals surface area contributed by atoms with E-state index in [0.29, 0.717) is 32.9 Å². The van der Waals surface area contributed by atoms with Crippen molar-refractivity contribution >= 4 is 22.5 Å². The highest BCUT2D eigenvalue weighted by molar-refractivity contribution is 6.30. The first-order chi connectivity index (χ1) is 14.8. The van der Waals surface area contributed by atoms with E-state index in [2.05, 4.69) is 4.98 Å². The number of ether oxygens (including phenoxy) is 1. The standard InChI is InChI=1S/C24H22ClN3O3/c1-13-5-4-6-14(2)23(13)31-19-12-28(15-7-8-15)21(29)10-16(19)18-11-27(3)24(30)22-17(18)9-20(25)26-22/h4-6,9-12,15,26H,7-8H2,1-3H3. The van der Waals surface area contributed by atoms with Crippen LogP contribution in [0.25, 0.3) is 22.0 Å². The van der Waals surface area contributed by atoms with Crippen molar-refractivity contribution in [3.05, 3.63) is 79.7 Å². The van der Waals surface area contributed by atoms with Gasteiger partial charge in [-0.1, -0.05) is 29.8 Å². The number of para-hydroxylation sites is 1. The molecule has 1 aromatic carbocycles. The van der Waals surface area contributed by atoms with Crippen LogP contribution < -0.4 is 15.9 Å². The molecule has 0 saturated heterocycles.